The Kier molecular flexibility index (Phi) is 20.1. The Morgan fingerprint density at radius 1 is 0.741 bits per heavy atom. The second-order valence-electron chi connectivity index (χ2n) is 14.8. The van der Waals surface area contributed by atoms with Crippen molar-refractivity contribution in [1.29, 1.82) is 0 Å². The second-order valence-corrected chi connectivity index (χ2v) is 16.5. The van der Waals surface area contributed by atoms with E-state index in [9.17, 15) is 19.5 Å². The first-order valence-corrected chi connectivity index (χ1v) is 19.6. The molecule has 3 N–H and O–H groups in total. The van der Waals surface area contributed by atoms with Crippen LogP contribution in [-0.2, 0) is 9.59 Å². The Labute approximate surface area is 371 Å². The van der Waals surface area contributed by atoms with Crippen molar-refractivity contribution >= 4 is 90.7 Å². The Bertz CT molecular complexity index is 2300. The normalized spacial score (nSPS) is 11.2. The van der Waals surface area contributed by atoms with Gasteiger partial charge >= 0.3 is 18.9 Å². The minimum absolute atomic E-state index is 0. The zero-order valence-electron chi connectivity index (χ0n) is 34.3. The van der Waals surface area contributed by atoms with Crippen LogP contribution < -0.4 is 29.5 Å². The van der Waals surface area contributed by atoms with Crippen LogP contribution >= 0.6 is 39.1 Å². The number of fused-ring (bicyclic) bond motifs is 2. The number of carbonyl (C=O) groups is 3. The number of unbranched alkanes of at least 4 members (excludes halogenated alkanes) is 1. The molecule has 0 aliphatic carbocycles. The summed E-state index contributed by atoms with van der Waals surface area (Å²) in [5.74, 6) is -0.0599. The molecule has 58 heavy (non-hydrogen) atoms. The van der Waals surface area contributed by atoms with Crippen molar-refractivity contribution in [2.75, 3.05) is 10.6 Å². The molecule has 0 saturated heterocycles. The van der Waals surface area contributed by atoms with E-state index in [1.165, 1.54) is 18.8 Å². The van der Waals surface area contributed by atoms with E-state index in [2.05, 4.69) is 66.8 Å². The van der Waals surface area contributed by atoms with Gasteiger partial charge in [0.25, 0.3) is 0 Å². The number of anilines is 2. The Hall–Kier alpha value is -4.21. The predicted octanol–water partition coefficient (Wildman–Crippen LogP) is 8.50. The molecule has 0 saturated carbocycles. The number of nitrogens with zero attached hydrogens (tertiary/aromatic N) is 4. The first kappa shape index (κ1) is 49.9. The molecule has 2 amide bonds. The third kappa shape index (κ3) is 16.2. The fraction of sp³-hybridized carbons (Fsp3) is 0.273. The zero-order chi connectivity index (χ0) is 42.3. The van der Waals surface area contributed by atoms with Gasteiger partial charge in [0.1, 0.15) is 22.7 Å². The van der Waals surface area contributed by atoms with Gasteiger partial charge in [-0.3, -0.25) is 24.4 Å². The van der Waals surface area contributed by atoms with Gasteiger partial charge < -0.3 is 22.2 Å². The smallest absolute Gasteiger partial charge is 0.384 e. The number of aliphatic hydroxyl groups excluding tert-OH is 1. The first-order chi connectivity index (χ1) is 26.8. The summed E-state index contributed by atoms with van der Waals surface area (Å²) in [5.41, 5.74) is 5.22. The van der Waals surface area contributed by atoms with Crippen molar-refractivity contribution in [3.05, 3.63) is 135 Å². The van der Waals surface area contributed by atoms with Crippen LogP contribution in [0.25, 0.3) is 22.1 Å². The number of aromatic nitrogens is 4. The molecule has 300 valence electrons. The summed E-state index contributed by atoms with van der Waals surface area (Å²) in [6, 6.07) is 25.2. The molecular weight excluding hydrogens is 834 g/mol. The van der Waals surface area contributed by atoms with Gasteiger partial charge in [-0.25, -0.2) is 9.97 Å². The van der Waals surface area contributed by atoms with Gasteiger partial charge in [-0.1, -0.05) is 112 Å². The molecule has 1 unspecified atom stereocenters. The number of carbonyl (C=O) groups excluding carboxylic acids is 3. The van der Waals surface area contributed by atoms with Crippen molar-refractivity contribution in [3.8, 4) is 0 Å². The molecule has 0 fully saturated rings. The summed E-state index contributed by atoms with van der Waals surface area (Å²) in [5, 5.41) is 17.1. The molecule has 2 aromatic heterocycles. The summed E-state index contributed by atoms with van der Waals surface area (Å²) in [4.78, 5) is 50.7. The number of amides is 2. The van der Waals surface area contributed by atoms with Crippen LogP contribution in [0.3, 0.4) is 0 Å². The van der Waals surface area contributed by atoms with Crippen LogP contribution in [0.15, 0.2) is 102 Å². The molecule has 10 nitrogen and oxygen atoms in total. The molecular formula is C44H48BrCl2LiN6O4. The average molecular weight is 883 g/mol. The van der Waals surface area contributed by atoms with Crippen LogP contribution in [0.4, 0.5) is 11.4 Å². The van der Waals surface area contributed by atoms with E-state index >= 15 is 0 Å². The number of nitrogens with one attached hydrogen (secondary N) is 2. The number of aldehydes is 1. The van der Waals surface area contributed by atoms with Crippen LogP contribution in [0, 0.1) is 17.3 Å². The maximum absolute atomic E-state index is 12.2. The molecule has 0 bridgehead atoms. The van der Waals surface area contributed by atoms with Gasteiger partial charge in [-0.05, 0) is 71.8 Å². The number of benzene rings is 4. The van der Waals surface area contributed by atoms with E-state index in [1.54, 1.807) is 54.6 Å². The van der Waals surface area contributed by atoms with E-state index in [-0.39, 0.29) is 36.1 Å². The molecule has 0 spiro atoms. The summed E-state index contributed by atoms with van der Waals surface area (Å²) >= 11 is 14.9. The molecule has 4 aromatic carbocycles. The monoisotopic (exact) mass is 880 g/mol. The largest absolute Gasteiger partial charge is 1.00 e. The van der Waals surface area contributed by atoms with Gasteiger partial charge in [0.15, 0.2) is 0 Å². The summed E-state index contributed by atoms with van der Waals surface area (Å²) < 4.78 is 0.962. The third-order valence-electron chi connectivity index (χ3n) is 7.84. The molecule has 6 aromatic rings. The van der Waals surface area contributed by atoms with E-state index in [0.29, 0.717) is 49.2 Å². The maximum Gasteiger partial charge on any atom is 1.00 e. The average Bonchev–Trinajstić information content (AvgIpc) is 3.17. The van der Waals surface area contributed by atoms with E-state index in [4.69, 9.17) is 23.2 Å². The predicted molar refractivity (Wildman–Crippen MR) is 236 cm³/mol. The van der Waals surface area contributed by atoms with Gasteiger partial charge in [0, 0.05) is 32.2 Å². The number of halogens is 3. The Morgan fingerprint density at radius 2 is 1.21 bits per heavy atom. The molecule has 6 rings (SSSR count). The Morgan fingerprint density at radius 3 is 1.69 bits per heavy atom. The number of rotatable bonds is 6. The van der Waals surface area contributed by atoms with Crippen molar-refractivity contribution in [1.82, 2.24) is 19.9 Å². The summed E-state index contributed by atoms with van der Waals surface area (Å²) in [6.45, 7) is 15.4. The van der Waals surface area contributed by atoms with Gasteiger partial charge in [0.2, 0.25) is 11.8 Å². The fourth-order valence-corrected chi connectivity index (χ4v) is 5.12. The summed E-state index contributed by atoms with van der Waals surface area (Å²) in [6.07, 6.45) is 6.19. The van der Waals surface area contributed by atoms with Crippen molar-refractivity contribution in [3.63, 3.8) is 0 Å². The van der Waals surface area contributed by atoms with Crippen LogP contribution in [0.2, 0.25) is 10.3 Å². The third-order valence-corrected chi connectivity index (χ3v) is 8.70. The van der Waals surface area contributed by atoms with Crippen molar-refractivity contribution < 1.29 is 38.4 Å². The number of aliphatic hydroxyl groups is 1. The van der Waals surface area contributed by atoms with Gasteiger partial charge in [-0.15, -0.1) is 0 Å². The molecule has 2 heterocycles. The van der Waals surface area contributed by atoms with Gasteiger partial charge in [-0.2, -0.15) is 13.3 Å². The number of hydrogen-bond acceptors (Lipinski definition) is 8. The van der Waals surface area contributed by atoms with Crippen molar-refractivity contribution in [2.45, 2.75) is 67.9 Å². The second kappa shape index (κ2) is 23.4. The van der Waals surface area contributed by atoms with Gasteiger partial charge in [0.05, 0.1) is 34.5 Å². The molecule has 0 radical (unpaired) electrons. The topological polar surface area (TPSA) is 147 Å². The van der Waals surface area contributed by atoms with Crippen molar-refractivity contribution in [2.24, 2.45) is 10.8 Å². The van der Waals surface area contributed by atoms with Crippen LogP contribution in [-0.4, -0.2) is 43.1 Å². The molecule has 14 heteroatoms. The van der Waals surface area contributed by atoms with E-state index in [0.717, 1.165) is 22.0 Å². The summed E-state index contributed by atoms with van der Waals surface area (Å²) in [7, 11) is 0. The SMILES string of the molecule is CC(C)(C)C(=O)Nc1cccc(Br)c1.CC(C)(C)C(=O)Nc1cccc(C(O)c2ccc3ncc(Cl)nc3c2)c1.C[CH-]CC.O=Cc1ccc2ncc(Cl)nc2c1.[Li+]. The molecule has 0 aliphatic heterocycles. The Balaban J connectivity index is 0.000000307. The van der Waals surface area contributed by atoms with E-state index in [1.807, 2.05) is 71.9 Å². The standard InChI is InChI=1S/C20H20ClN3O2.C11H14BrNO.C9H5ClN2O.C4H9.Li/c1-20(2,3)19(26)23-14-6-4-5-12(9-14)18(25)13-7-8-15-16(10-13)24-17(21)11-22-15;1-11(2,3)10(14)13-9-6-4-5-8(12)7-9;10-9-4-11-7-2-1-6(5-13)3-8(7)12-9;1-3-4-2;/h4-11,18,25H,1-3H3,(H,23,26);4-7H,1-3H3,(H,13,14);1-5H;3H,4H2,1-2H3;/q;;;-1;+1. The number of hydrogen-bond donors (Lipinski definition) is 3. The zero-order valence-corrected chi connectivity index (χ0v) is 37.4. The quantitative estimate of drug-likeness (QED) is 0.0858. The molecule has 0 aliphatic rings. The van der Waals surface area contributed by atoms with E-state index < -0.39 is 11.5 Å². The maximum atomic E-state index is 12.2. The minimum atomic E-state index is -0.855. The fourth-order valence-electron chi connectivity index (χ4n) is 4.44. The minimum Gasteiger partial charge on any atom is -0.384 e. The van der Waals surface area contributed by atoms with Crippen LogP contribution in [0.5, 0.6) is 0 Å². The molecule has 1 atom stereocenters. The first-order valence-electron chi connectivity index (χ1n) is 18.1. The van der Waals surface area contributed by atoms with Crippen LogP contribution in [0.1, 0.15) is 89.4 Å².